The summed E-state index contributed by atoms with van der Waals surface area (Å²) < 4.78 is 28.9. The van der Waals surface area contributed by atoms with Crippen LogP contribution in [0.3, 0.4) is 0 Å². The molecule has 99 heavy (non-hydrogen) atoms. The summed E-state index contributed by atoms with van der Waals surface area (Å²) in [7, 11) is 1.61. The summed E-state index contributed by atoms with van der Waals surface area (Å²) >= 11 is 0. The molecule has 3 saturated carbocycles. The predicted molar refractivity (Wildman–Crippen MR) is 389 cm³/mol. The maximum atomic E-state index is 12.6. The molecular formula is C84H80N4O11. The summed E-state index contributed by atoms with van der Waals surface area (Å²) in [5.41, 5.74) is 12.9. The highest BCUT2D eigenvalue weighted by Gasteiger charge is 2.29. The fourth-order valence-corrected chi connectivity index (χ4v) is 13.0. The number of carboxylic acids is 3. The smallest absolute Gasteiger partial charge is 0.353 e. The summed E-state index contributed by atoms with van der Waals surface area (Å²) in [6, 6.07) is 70.4. The van der Waals surface area contributed by atoms with E-state index in [0.29, 0.717) is 71.6 Å². The first kappa shape index (κ1) is 66.3. The molecule has 0 aliphatic heterocycles. The molecule has 0 radical (unpaired) electrons. The number of carboxylic acid groups (broad SMARTS) is 3. The number of carbonyl (C=O) groups is 4. The number of nitrogens with zero attached hydrogens (tertiary/aromatic N) is 3. The number of anilines is 1. The number of aromatic nitrogens is 3. The summed E-state index contributed by atoms with van der Waals surface area (Å²) in [5.74, 6) is 2.50. The standard InChI is InChI=1S/C29H29NO3.C28H26N2O4.C27H25NO4/c1-19(2)22-8-6-9-23(16-22)27-25-11-3-4-12-26(25)30(28(27)29(31)32)17-21-7-5-10-24(15-21)33-18-20-13-14-20;1-18(31)29-22-8-5-7-21(15-22)26-24-10-2-3-11-25(24)30(27(26)28(32)33)16-20-6-4-9-23(14-20)34-17-19-12-13-19;1-31-21-8-5-7-20(15-21)25-23-10-2-3-11-24(23)28(26(25)27(29)30)16-19-6-4-9-22(14-19)32-17-18-12-13-18/h3-12,15-16,19-20H,13-14,17-18H2,1-2H3,(H,31,32);2-11,14-15,19H,12-13,16-17H2,1H3,(H,29,31)(H,32,33);2-11,14-15,18H,12-13,16-17H2,1H3,(H,29,30). The van der Waals surface area contributed by atoms with Crippen LogP contribution in [0.4, 0.5) is 5.69 Å². The van der Waals surface area contributed by atoms with Gasteiger partial charge in [-0.2, -0.15) is 0 Å². The van der Waals surface area contributed by atoms with Gasteiger partial charge in [-0.3, -0.25) is 4.79 Å². The first-order valence-corrected chi connectivity index (χ1v) is 34.0. The lowest BCUT2D eigenvalue weighted by Gasteiger charge is -2.12. The van der Waals surface area contributed by atoms with Gasteiger partial charge in [0.05, 0.1) is 26.9 Å². The molecule has 1 amide bonds. The highest BCUT2D eigenvalue weighted by atomic mass is 16.5. The molecule has 3 aliphatic rings. The molecule has 3 aromatic heterocycles. The van der Waals surface area contributed by atoms with Crippen molar-refractivity contribution >= 4 is 62.2 Å². The van der Waals surface area contributed by atoms with Crippen LogP contribution in [-0.4, -0.2) is 79.8 Å². The highest BCUT2D eigenvalue weighted by Crippen LogP contribution is 2.42. The number of benzene rings is 9. The third-order valence-electron chi connectivity index (χ3n) is 18.5. The van der Waals surface area contributed by atoms with E-state index in [2.05, 4.69) is 31.3 Å². The zero-order valence-electron chi connectivity index (χ0n) is 56.0. The fourth-order valence-electron chi connectivity index (χ4n) is 13.0. The largest absolute Gasteiger partial charge is 0.497 e. The van der Waals surface area contributed by atoms with Crippen molar-refractivity contribution < 1.29 is 53.4 Å². The maximum Gasteiger partial charge on any atom is 0.353 e. The Bertz CT molecular complexity index is 4970. The molecule has 3 fully saturated rings. The Balaban J connectivity index is 0.000000133. The minimum Gasteiger partial charge on any atom is -0.497 e. The Hall–Kier alpha value is -11.3. The Morgan fingerprint density at radius 3 is 1.12 bits per heavy atom. The number of ether oxygens (including phenoxy) is 4. The monoisotopic (exact) mass is 1320 g/mol. The zero-order valence-corrected chi connectivity index (χ0v) is 56.0. The van der Waals surface area contributed by atoms with Crippen molar-refractivity contribution in [1.82, 2.24) is 13.7 Å². The van der Waals surface area contributed by atoms with Gasteiger partial charge < -0.3 is 53.3 Å². The highest BCUT2D eigenvalue weighted by molar-refractivity contribution is 6.11. The maximum absolute atomic E-state index is 12.6. The summed E-state index contributed by atoms with van der Waals surface area (Å²) in [6.07, 6.45) is 7.43. The van der Waals surface area contributed by atoms with Gasteiger partial charge in [0.15, 0.2) is 0 Å². The van der Waals surface area contributed by atoms with Crippen molar-refractivity contribution in [2.75, 3.05) is 32.2 Å². The Morgan fingerprint density at radius 1 is 0.414 bits per heavy atom. The second-order valence-electron chi connectivity index (χ2n) is 26.4. The molecule has 15 nitrogen and oxygen atoms in total. The minimum atomic E-state index is -1.00. The first-order chi connectivity index (χ1) is 48.1. The van der Waals surface area contributed by atoms with Crippen molar-refractivity contribution in [2.24, 2.45) is 17.8 Å². The van der Waals surface area contributed by atoms with Crippen molar-refractivity contribution in [2.45, 2.75) is 84.8 Å². The fraction of sp³-hybridized carbons (Fsp3) is 0.238. The average Bonchev–Trinajstić information content (AvgIpc) is 1.61. The number of aromatic carboxylic acids is 3. The molecule has 0 atom stereocenters. The Morgan fingerprint density at radius 2 is 0.758 bits per heavy atom. The molecule has 9 aromatic carbocycles. The number of carbonyl (C=O) groups excluding carboxylic acids is 1. The van der Waals surface area contributed by atoms with Crippen molar-refractivity contribution in [3.8, 4) is 56.4 Å². The van der Waals surface area contributed by atoms with Crippen LogP contribution < -0.4 is 24.3 Å². The number of amides is 1. The van der Waals surface area contributed by atoms with Crippen LogP contribution in [0.25, 0.3) is 66.1 Å². The van der Waals surface area contributed by atoms with E-state index >= 15 is 0 Å². The molecule has 0 spiro atoms. The quantitative estimate of drug-likeness (QED) is 0.0450. The van der Waals surface area contributed by atoms with E-state index in [1.807, 2.05) is 214 Å². The van der Waals surface area contributed by atoms with E-state index in [-0.39, 0.29) is 17.3 Å². The van der Waals surface area contributed by atoms with E-state index in [1.165, 1.54) is 51.0 Å². The van der Waals surface area contributed by atoms with Crippen molar-refractivity contribution in [1.29, 1.82) is 0 Å². The van der Waals surface area contributed by atoms with Crippen LogP contribution >= 0.6 is 0 Å². The number of methoxy groups -OCH3 is 1. The van der Waals surface area contributed by atoms with Gasteiger partial charge in [0.1, 0.15) is 40.1 Å². The van der Waals surface area contributed by atoms with Crippen LogP contribution in [0.1, 0.15) is 119 Å². The SMILES string of the molecule is CC(=O)Nc1cccc(-c2c(C(=O)O)n(Cc3cccc(OCC4CC4)c3)c3ccccc23)c1.CC(C)c1cccc(-c2c(C(=O)O)n(Cc3cccc(OCC4CC4)c3)c3ccccc23)c1.COc1cccc(-c2c(C(=O)O)n(Cc3cccc(OCC4CC4)c3)c3ccccc23)c1. The van der Waals surface area contributed by atoms with E-state index in [4.69, 9.17) is 18.9 Å². The van der Waals surface area contributed by atoms with Crippen LogP contribution in [0, 0.1) is 17.8 Å². The minimum absolute atomic E-state index is 0.179. The van der Waals surface area contributed by atoms with Crippen molar-refractivity contribution in [3.05, 3.63) is 258 Å². The summed E-state index contributed by atoms with van der Waals surface area (Å²) in [5, 5.41) is 36.4. The van der Waals surface area contributed by atoms with Gasteiger partial charge in [0.2, 0.25) is 5.91 Å². The molecule has 502 valence electrons. The Labute approximate surface area is 575 Å². The van der Waals surface area contributed by atoms with Gasteiger partial charge in [0, 0.05) is 81.6 Å². The van der Waals surface area contributed by atoms with Gasteiger partial charge in [0.25, 0.3) is 0 Å². The Kier molecular flexibility index (Phi) is 19.8. The third-order valence-corrected chi connectivity index (χ3v) is 18.5. The third kappa shape index (κ3) is 15.6. The number of nitrogens with one attached hydrogen (secondary N) is 1. The van der Waals surface area contributed by atoms with Gasteiger partial charge in [-0.05, 0) is 180 Å². The number of hydrogen-bond acceptors (Lipinski definition) is 8. The molecule has 15 heteroatoms. The van der Waals surface area contributed by atoms with Gasteiger partial charge in [-0.1, -0.05) is 153 Å². The molecule has 4 N–H and O–H groups in total. The lowest BCUT2D eigenvalue weighted by atomic mass is 9.96. The number of rotatable bonds is 24. The summed E-state index contributed by atoms with van der Waals surface area (Å²) in [6.45, 7) is 9.28. The molecule has 15 rings (SSSR count). The first-order valence-electron chi connectivity index (χ1n) is 34.0. The topological polar surface area (TPSA) is 193 Å². The van der Waals surface area contributed by atoms with E-state index in [1.54, 1.807) is 13.2 Å². The van der Waals surface area contributed by atoms with Crippen LogP contribution in [0.15, 0.2) is 218 Å². The molecule has 0 bridgehead atoms. The number of fused-ring (bicyclic) bond motifs is 3. The lowest BCUT2D eigenvalue weighted by molar-refractivity contribution is -0.114. The van der Waals surface area contributed by atoms with E-state index < -0.39 is 17.9 Å². The zero-order chi connectivity index (χ0) is 68.7. The van der Waals surface area contributed by atoms with E-state index in [9.17, 15) is 34.5 Å². The summed E-state index contributed by atoms with van der Waals surface area (Å²) in [4.78, 5) is 49.2. The van der Waals surface area contributed by atoms with Gasteiger partial charge >= 0.3 is 17.9 Å². The van der Waals surface area contributed by atoms with Crippen LogP contribution in [0.5, 0.6) is 23.0 Å². The predicted octanol–water partition coefficient (Wildman–Crippen LogP) is 18.6. The molecule has 3 aliphatic carbocycles. The molecular weight excluding hydrogens is 1240 g/mol. The second kappa shape index (κ2) is 29.6. The molecule has 0 saturated heterocycles. The van der Waals surface area contributed by atoms with Crippen LogP contribution in [0.2, 0.25) is 0 Å². The van der Waals surface area contributed by atoms with Crippen molar-refractivity contribution in [3.63, 3.8) is 0 Å². The van der Waals surface area contributed by atoms with Gasteiger partial charge in [-0.25, -0.2) is 14.4 Å². The second-order valence-corrected chi connectivity index (χ2v) is 26.4. The molecule has 12 aromatic rings. The molecule has 0 unspecified atom stereocenters. The normalized spacial score (nSPS) is 13.3. The lowest BCUT2D eigenvalue weighted by Crippen LogP contribution is -2.11. The number of para-hydroxylation sites is 3. The number of hydrogen-bond donors (Lipinski definition) is 4. The average molecular weight is 1320 g/mol. The van der Waals surface area contributed by atoms with E-state index in [0.717, 1.165) is 109 Å². The molecule has 3 heterocycles. The van der Waals surface area contributed by atoms with Gasteiger partial charge in [-0.15, -0.1) is 0 Å². The van der Waals surface area contributed by atoms with Crippen LogP contribution in [-0.2, 0) is 24.4 Å².